The average Bonchev–Trinajstić information content (AvgIpc) is 2.94. The van der Waals surface area contributed by atoms with E-state index in [1.807, 2.05) is 49.1 Å². The van der Waals surface area contributed by atoms with Crippen LogP contribution < -0.4 is 0 Å². The molecule has 22 heavy (non-hydrogen) atoms. The van der Waals surface area contributed by atoms with Gasteiger partial charge in [0, 0.05) is 31.7 Å². The number of amides is 1. The summed E-state index contributed by atoms with van der Waals surface area (Å²) in [5, 5.41) is 9.03. The summed E-state index contributed by atoms with van der Waals surface area (Å²) in [5.74, 6) is 0. The molecule has 1 fully saturated rings. The molecule has 1 aromatic carbocycles. The Morgan fingerprint density at radius 3 is 2.77 bits per heavy atom. The second-order valence-electron chi connectivity index (χ2n) is 6.01. The van der Waals surface area contributed by atoms with Crippen LogP contribution >= 0.6 is 0 Å². The van der Waals surface area contributed by atoms with Gasteiger partial charge >= 0.3 is 6.09 Å². The maximum Gasteiger partial charge on any atom is 0.410 e. The van der Waals surface area contributed by atoms with E-state index in [0.717, 1.165) is 25.1 Å². The van der Waals surface area contributed by atoms with Crippen LogP contribution in [0.5, 0.6) is 0 Å². The van der Waals surface area contributed by atoms with Gasteiger partial charge in [-0.1, -0.05) is 30.3 Å². The molecule has 5 heteroatoms. The molecule has 1 aliphatic rings. The molecule has 0 bridgehead atoms. The zero-order chi connectivity index (χ0) is 15.9. The SMILES string of the molecule is CC(C)N(C(=O)OCc1ccccc1)[C@H]1CCN(CCO)C1. The Hall–Kier alpha value is -1.59. The van der Waals surface area contributed by atoms with E-state index in [1.165, 1.54) is 0 Å². The Kier molecular flexibility index (Phi) is 6.21. The van der Waals surface area contributed by atoms with Crippen molar-refractivity contribution in [3.63, 3.8) is 0 Å². The summed E-state index contributed by atoms with van der Waals surface area (Å²) in [7, 11) is 0. The molecule has 1 atom stereocenters. The van der Waals surface area contributed by atoms with Crippen molar-refractivity contribution in [1.82, 2.24) is 9.80 Å². The number of rotatable bonds is 6. The number of likely N-dealkylation sites (tertiary alicyclic amines) is 1. The van der Waals surface area contributed by atoms with Crippen molar-refractivity contribution in [2.75, 3.05) is 26.2 Å². The summed E-state index contributed by atoms with van der Waals surface area (Å²) in [4.78, 5) is 16.5. The Morgan fingerprint density at radius 2 is 2.14 bits per heavy atom. The van der Waals surface area contributed by atoms with Crippen LogP contribution in [0.2, 0.25) is 0 Å². The van der Waals surface area contributed by atoms with Gasteiger partial charge in [-0.25, -0.2) is 4.79 Å². The Morgan fingerprint density at radius 1 is 1.41 bits per heavy atom. The van der Waals surface area contributed by atoms with Crippen LogP contribution in [0.15, 0.2) is 30.3 Å². The van der Waals surface area contributed by atoms with Crippen molar-refractivity contribution >= 4 is 6.09 Å². The molecule has 1 saturated heterocycles. The van der Waals surface area contributed by atoms with Crippen molar-refractivity contribution in [2.45, 2.75) is 39.0 Å². The van der Waals surface area contributed by atoms with Crippen LogP contribution in [0.3, 0.4) is 0 Å². The minimum atomic E-state index is -0.255. The zero-order valence-corrected chi connectivity index (χ0v) is 13.4. The third-order valence-electron chi connectivity index (χ3n) is 4.03. The molecule has 1 heterocycles. The number of aliphatic hydroxyl groups excluding tert-OH is 1. The zero-order valence-electron chi connectivity index (χ0n) is 13.4. The average molecular weight is 306 g/mol. The maximum absolute atomic E-state index is 12.4. The van der Waals surface area contributed by atoms with Gasteiger partial charge in [-0.3, -0.25) is 4.90 Å². The molecule has 0 saturated carbocycles. The monoisotopic (exact) mass is 306 g/mol. The number of carbonyl (C=O) groups is 1. The molecule has 0 spiro atoms. The second-order valence-corrected chi connectivity index (χ2v) is 6.01. The fraction of sp³-hybridized carbons (Fsp3) is 0.588. The van der Waals surface area contributed by atoms with Crippen LogP contribution in [0.25, 0.3) is 0 Å². The Balaban J connectivity index is 1.91. The van der Waals surface area contributed by atoms with Crippen molar-refractivity contribution < 1.29 is 14.6 Å². The van der Waals surface area contributed by atoms with Crippen LogP contribution in [0.4, 0.5) is 4.79 Å². The first kappa shape index (κ1) is 16.8. The molecule has 1 N–H and O–H groups in total. The third kappa shape index (κ3) is 4.45. The van der Waals surface area contributed by atoms with Gasteiger partial charge in [0.25, 0.3) is 0 Å². The lowest BCUT2D eigenvalue weighted by molar-refractivity contribution is 0.0680. The van der Waals surface area contributed by atoms with E-state index in [0.29, 0.717) is 13.2 Å². The molecule has 1 aromatic rings. The molecular formula is C17H26N2O3. The normalized spacial score (nSPS) is 18.6. The fourth-order valence-electron chi connectivity index (χ4n) is 2.96. The molecule has 1 aliphatic heterocycles. The molecule has 1 amide bonds. The van der Waals surface area contributed by atoms with E-state index in [2.05, 4.69) is 4.90 Å². The molecule has 0 aliphatic carbocycles. The number of β-amino-alcohol motifs (C(OH)–C–C–N with tert-alkyl or cyclic N) is 1. The van der Waals surface area contributed by atoms with Gasteiger partial charge in [0.15, 0.2) is 0 Å². The summed E-state index contributed by atoms with van der Waals surface area (Å²) >= 11 is 0. The van der Waals surface area contributed by atoms with E-state index < -0.39 is 0 Å². The predicted octanol–water partition coefficient (Wildman–Crippen LogP) is 2.10. The number of carbonyl (C=O) groups excluding carboxylic acids is 1. The Bertz CT molecular complexity index is 464. The number of ether oxygens (including phenoxy) is 1. The van der Waals surface area contributed by atoms with Crippen molar-refractivity contribution in [3.05, 3.63) is 35.9 Å². The number of hydrogen-bond donors (Lipinski definition) is 1. The van der Waals surface area contributed by atoms with Crippen LogP contribution in [-0.2, 0) is 11.3 Å². The highest BCUT2D eigenvalue weighted by Gasteiger charge is 2.32. The lowest BCUT2D eigenvalue weighted by Crippen LogP contribution is -2.46. The topological polar surface area (TPSA) is 53.0 Å². The molecule has 2 rings (SSSR count). The van der Waals surface area contributed by atoms with Gasteiger partial charge in [-0.05, 0) is 25.8 Å². The van der Waals surface area contributed by atoms with Crippen molar-refractivity contribution in [3.8, 4) is 0 Å². The smallest absolute Gasteiger partial charge is 0.410 e. The molecular weight excluding hydrogens is 280 g/mol. The van der Waals surface area contributed by atoms with E-state index in [4.69, 9.17) is 9.84 Å². The number of benzene rings is 1. The number of aliphatic hydroxyl groups is 1. The summed E-state index contributed by atoms with van der Waals surface area (Å²) in [6, 6.07) is 9.98. The van der Waals surface area contributed by atoms with Crippen LogP contribution in [0.1, 0.15) is 25.8 Å². The van der Waals surface area contributed by atoms with E-state index >= 15 is 0 Å². The quantitative estimate of drug-likeness (QED) is 0.874. The molecule has 0 aromatic heterocycles. The van der Waals surface area contributed by atoms with Gasteiger partial charge in [-0.15, -0.1) is 0 Å². The molecule has 122 valence electrons. The highest BCUT2D eigenvalue weighted by molar-refractivity contribution is 5.68. The minimum Gasteiger partial charge on any atom is -0.445 e. The van der Waals surface area contributed by atoms with Crippen LogP contribution in [-0.4, -0.2) is 59.3 Å². The summed E-state index contributed by atoms with van der Waals surface area (Å²) in [6.07, 6.45) is 0.674. The largest absolute Gasteiger partial charge is 0.445 e. The van der Waals surface area contributed by atoms with Gasteiger partial charge in [0.1, 0.15) is 6.61 Å². The summed E-state index contributed by atoms with van der Waals surface area (Å²) < 4.78 is 5.48. The third-order valence-corrected chi connectivity index (χ3v) is 4.03. The van der Waals surface area contributed by atoms with E-state index in [-0.39, 0.29) is 24.8 Å². The van der Waals surface area contributed by atoms with Crippen LogP contribution in [0, 0.1) is 0 Å². The first-order chi connectivity index (χ1) is 10.6. The highest BCUT2D eigenvalue weighted by atomic mass is 16.6. The van der Waals surface area contributed by atoms with Gasteiger partial charge in [0.05, 0.1) is 6.61 Å². The maximum atomic E-state index is 12.4. The van der Waals surface area contributed by atoms with Crippen molar-refractivity contribution in [2.24, 2.45) is 0 Å². The lowest BCUT2D eigenvalue weighted by Gasteiger charge is -2.32. The van der Waals surface area contributed by atoms with Gasteiger partial charge in [0.2, 0.25) is 0 Å². The summed E-state index contributed by atoms with van der Waals surface area (Å²) in [5.41, 5.74) is 0.993. The van der Waals surface area contributed by atoms with Gasteiger partial charge < -0.3 is 14.7 Å². The highest BCUT2D eigenvalue weighted by Crippen LogP contribution is 2.19. The lowest BCUT2D eigenvalue weighted by atomic mass is 10.2. The number of nitrogens with zero attached hydrogens (tertiary/aromatic N) is 2. The molecule has 0 radical (unpaired) electrons. The molecule has 5 nitrogen and oxygen atoms in total. The van der Waals surface area contributed by atoms with Crippen molar-refractivity contribution in [1.29, 1.82) is 0 Å². The summed E-state index contributed by atoms with van der Waals surface area (Å²) in [6.45, 7) is 6.88. The van der Waals surface area contributed by atoms with E-state index in [9.17, 15) is 4.79 Å². The first-order valence-electron chi connectivity index (χ1n) is 7.94. The van der Waals surface area contributed by atoms with E-state index in [1.54, 1.807) is 0 Å². The Labute approximate surface area is 132 Å². The second kappa shape index (κ2) is 8.15. The minimum absolute atomic E-state index is 0.0994. The van der Waals surface area contributed by atoms with Gasteiger partial charge in [-0.2, -0.15) is 0 Å². The molecule has 0 unspecified atom stereocenters. The standard InChI is InChI=1S/C17H26N2O3/c1-14(2)19(16-8-9-18(12-16)10-11-20)17(21)22-13-15-6-4-3-5-7-15/h3-7,14,16,20H,8-13H2,1-2H3/t16-/m0/s1. The fourth-order valence-corrected chi connectivity index (χ4v) is 2.96. The number of hydrogen-bond acceptors (Lipinski definition) is 4. The predicted molar refractivity (Wildman–Crippen MR) is 85.5 cm³/mol. The first-order valence-corrected chi connectivity index (χ1v) is 7.94.